The first-order valence-corrected chi connectivity index (χ1v) is 6.76. The van der Waals surface area contributed by atoms with Gasteiger partial charge in [0.05, 0.1) is 6.33 Å². The van der Waals surface area contributed by atoms with E-state index >= 15 is 0 Å². The molecule has 1 aliphatic heterocycles. The van der Waals surface area contributed by atoms with Crippen LogP contribution in [-0.2, 0) is 6.42 Å². The van der Waals surface area contributed by atoms with Gasteiger partial charge < -0.3 is 4.98 Å². The highest BCUT2D eigenvalue weighted by atomic mass is 14.9. The molecular formula is C15H25N3. The fraction of sp³-hybridized carbons (Fsp3) is 0.600. The summed E-state index contributed by atoms with van der Waals surface area (Å²) in [5.74, 6) is 1.46. The first-order chi connectivity index (χ1) is 8.58. The topological polar surface area (TPSA) is 41.0 Å². The third kappa shape index (κ3) is 6.38. The van der Waals surface area contributed by atoms with Gasteiger partial charge >= 0.3 is 0 Å². The second-order valence-corrected chi connectivity index (χ2v) is 5.52. The van der Waals surface area contributed by atoms with Crippen molar-refractivity contribution in [3.05, 3.63) is 30.0 Å². The molecule has 0 radical (unpaired) electrons. The number of hydrogen-bond acceptors (Lipinski definition) is 2. The van der Waals surface area contributed by atoms with Crippen LogP contribution in [0.1, 0.15) is 46.2 Å². The Hall–Kier alpha value is -1.38. The Bertz CT molecular complexity index is 372. The van der Waals surface area contributed by atoms with E-state index in [0.717, 1.165) is 25.2 Å². The van der Waals surface area contributed by atoms with Crippen molar-refractivity contribution in [1.29, 1.82) is 0 Å². The maximum Gasteiger partial charge on any atom is 0.0921 e. The SMILES string of the molecule is CC(C)CC1=CCC=N1.CC(C)Cc1cnc[nH]1. The summed E-state index contributed by atoms with van der Waals surface area (Å²) in [5.41, 5.74) is 2.50. The fourth-order valence-corrected chi connectivity index (χ4v) is 1.80. The van der Waals surface area contributed by atoms with Crippen LogP contribution in [0.25, 0.3) is 0 Å². The van der Waals surface area contributed by atoms with Gasteiger partial charge in [0.1, 0.15) is 0 Å². The summed E-state index contributed by atoms with van der Waals surface area (Å²) in [6, 6.07) is 0. The van der Waals surface area contributed by atoms with Crippen LogP contribution in [0, 0.1) is 11.8 Å². The summed E-state index contributed by atoms with van der Waals surface area (Å²) in [6.07, 6.45) is 11.0. The Balaban J connectivity index is 0.000000180. The molecule has 3 heteroatoms. The zero-order chi connectivity index (χ0) is 13.4. The number of hydrogen-bond donors (Lipinski definition) is 1. The van der Waals surface area contributed by atoms with E-state index < -0.39 is 0 Å². The highest BCUT2D eigenvalue weighted by Gasteiger charge is 2.00. The van der Waals surface area contributed by atoms with Gasteiger partial charge in [0.2, 0.25) is 0 Å². The molecule has 0 aliphatic carbocycles. The third-order valence-electron chi connectivity index (χ3n) is 2.52. The summed E-state index contributed by atoms with van der Waals surface area (Å²) in [5, 5.41) is 0. The zero-order valence-electron chi connectivity index (χ0n) is 12.0. The van der Waals surface area contributed by atoms with Gasteiger partial charge in [-0.2, -0.15) is 0 Å². The lowest BCUT2D eigenvalue weighted by molar-refractivity contribution is 0.637. The molecule has 2 heterocycles. The summed E-state index contributed by atoms with van der Waals surface area (Å²) in [4.78, 5) is 11.2. The fourth-order valence-electron chi connectivity index (χ4n) is 1.80. The molecule has 1 aliphatic rings. The lowest BCUT2D eigenvalue weighted by atomic mass is 10.1. The molecule has 18 heavy (non-hydrogen) atoms. The molecule has 0 atom stereocenters. The first kappa shape index (κ1) is 14.7. The van der Waals surface area contributed by atoms with Crippen LogP contribution >= 0.6 is 0 Å². The monoisotopic (exact) mass is 247 g/mol. The van der Waals surface area contributed by atoms with Gasteiger partial charge in [-0.05, 0) is 24.7 Å². The molecular weight excluding hydrogens is 222 g/mol. The maximum absolute atomic E-state index is 4.21. The molecule has 0 saturated carbocycles. The smallest absolute Gasteiger partial charge is 0.0921 e. The number of nitrogens with one attached hydrogen (secondary N) is 1. The van der Waals surface area contributed by atoms with Gasteiger partial charge in [0.25, 0.3) is 0 Å². The Morgan fingerprint density at radius 2 is 1.89 bits per heavy atom. The van der Waals surface area contributed by atoms with Gasteiger partial charge in [-0.3, -0.25) is 4.99 Å². The normalized spacial score (nSPS) is 13.8. The van der Waals surface area contributed by atoms with E-state index in [0.29, 0.717) is 5.92 Å². The molecule has 0 saturated heterocycles. The van der Waals surface area contributed by atoms with E-state index in [-0.39, 0.29) is 0 Å². The lowest BCUT2D eigenvalue weighted by Crippen LogP contribution is -1.92. The van der Waals surface area contributed by atoms with Gasteiger partial charge in [-0.15, -0.1) is 0 Å². The second kappa shape index (κ2) is 7.85. The van der Waals surface area contributed by atoms with E-state index in [1.54, 1.807) is 6.33 Å². The molecule has 100 valence electrons. The molecule has 3 nitrogen and oxygen atoms in total. The van der Waals surface area contributed by atoms with Gasteiger partial charge in [-0.1, -0.05) is 33.8 Å². The summed E-state index contributed by atoms with van der Waals surface area (Å²) in [7, 11) is 0. The third-order valence-corrected chi connectivity index (χ3v) is 2.52. The lowest BCUT2D eigenvalue weighted by Gasteiger charge is -2.00. The number of aromatic nitrogens is 2. The highest BCUT2D eigenvalue weighted by Crippen LogP contribution is 2.15. The summed E-state index contributed by atoms with van der Waals surface area (Å²) in [6.45, 7) is 8.82. The van der Waals surface area contributed by atoms with Crippen LogP contribution in [0.4, 0.5) is 0 Å². The summed E-state index contributed by atoms with van der Waals surface area (Å²) < 4.78 is 0. The van der Waals surface area contributed by atoms with E-state index in [1.165, 1.54) is 11.4 Å². The molecule has 0 spiro atoms. The van der Waals surface area contributed by atoms with Crippen molar-refractivity contribution >= 4 is 6.21 Å². The molecule has 0 aromatic carbocycles. The van der Waals surface area contributed by atoms with Crippen molar-refractivity contribution in [2.45, 2.75) is 47.0 Å². The number of aliphatic imine (C=N–C) groups is 1. The van der Waals surface area contributed by atoms with E-state index in [4.69, 9.17) is 0 Å². The number of aromatic amines is 1. The van der Waals surface area contributed by atoms with Crippen molar-refractivity contribution in [3.63, 3.8) is 0 Å². The largest absolute Gasteiger partial charge is 0.348 e. The molecule has 1 N–H and O–H groups in total. The molecule has 0 bridgehead atoms. The van der Waals surface area contributed by atoms with Crippen LogP contribution in [0.2, 0.25) is 0 Å². The van der Waals surface area contributed by atoms with Gasteiger partial charge in [-0.25, -0.2) is 4.98 Å². The minimum absolute atomic E-state index is 0.713. The van der Waals surface area contributed by atoms with Crippen molar-refractivity contribution < 1.29 is 0 Å². The van der Waals surface area contributed by atoms with E-state index in [1.807, 2.05) is 12.4 Å². The van der Waals surface area contributed by atoms with Crippen LogP contribution in [0.3, 0.4) is 0 Å². The minimum Gasteiger partial charge on any atom is -0.348 e. The van der Waals surface area contributed by atoms with Crippen LogP contribution in [0.5, 0.6) is 0 Å². The molecule has 1 aromatic rings. The van der Waals surface area contributed by atoms with Crippen molar-refractivity contribution in [2.24, 2.45) is 16.8 Å². The van der Waals surface area contributed by atoms with Crippen molar-refractivity contribution in [3.8, 4) is 0 Å². The molecule has 0 amide bonds. The van der Waals surface area contributed by atoms with Crippen molar-refractivity contribution in [2.75, 3.05) is 0 Å². The Morgan fingerprint density at radius 3 is 2.33 bits per heavy atom. The van der Waals surface area contributed by atoms with Crippen LogP contribution in [0.15, 0.2) is 29.3 Å². The second-order valence-electron chi connectivity index (χ2n) is 5.52. The highest BCUT2D eigenvalue weighted by molar-refractivity contribution is 5.64. The van der Waals surface area contributed by atoms with E-state index in [2.05, 4.69) is 48.7 Å². The first-order valence-electron chi connectivity index (χ1n) is 6.76. The Kier molecular flexibility index (Phi) is 6.40. The van der Waals surface area contributed by atoms with E-state index in [9.17, 15) is 0 Å². The van der Waals surface area contributed by atoms with Crippen molar-refractivity contribution in [1.82, 2.24) is 9.97 Å². The van der Waals surface area contributed by atoms with Gasteiger partial charge in [0, 0.05) is 30.2 Å². The quantitative estimate of drug-likeness (QED) is 0.858. The Morgan fingerprint density at radius 1 is 1.17 bits per heavy atom. The van der Waals surface area contributed by atoms with Gasteiger partial charge in [0.15, 0.2) is 0 Å². The summed E-state index contributed by atoms with van der Waals surface area (Å²) >= 11 is 0. The molecule has 0 fully saturated rings. The number of allylic oxidation sites excluding steroid dienone is 2. The average molecular weight is 247 g/mol. The molecule has 2 rings (SSSR count). The standard InChI is InChI=1S/C8H13N.C7H12N2/c1-7(2)6-8-4-3-5-9-8;1-6(2)3-7-4-8-5-9-7/h4-5,7H,3,6H2,1-2H3;4-6H,3H2,1-2H3,(H,8,9). The zero-order valence-corrected chi connectivity index (χ0v) is 12.0. The number of H-pyrrole nitrogens is 1. The predicted molar refractivity (Wildman–Crippen MR) is 77.8 cm³/mol. The average Bonchev–Trinajstić information content (AvgIpc) is 2.90. The Labute approximate surface area is 110 Å². The van der Waals surface area contributed by atoms with Crippen LogP contribution in [-0.4, -0.2) is 16.2 Å². The molecule has 0 unspecified atom stereocenters. The predicted octanol–water partition coefficient (Wildman–Crippen LogP) is 4.00. The molecule has 1 aromatic heterocycles. The van der Waals surface area contributed by atoms with Crippen LogP contribution < -0.4 is 0 Å². The number of imidazole rings is 1. The number of nitrogens with zero attached hydrogens (tertiary/aromatic N) is 2. The maximum atomic E-state index is 4.21. The minimum atomic E-state index is 0.713. The number of rotatable bonds is 4.